The lowest BCUT2D eigenvalue weighted by atomic mass is 9.66. The Kier molecular flexibility index (Phi) is 4.34. The highest BCUT2D eigenvalue weighted by Gasteiger charge is 2.37. The number of piperidine rings is 1. The monoisotopic (exact) mass is 278 g/mol. The van der Waals surface area contributed by atoms with E-state index in [1.807, 2.05) is 0 Å². The smallest absolute Gasteiger partial charge is 0.220 e. The van der Waals surface area contributed by atoms with Crippen molar-refractivity contribution in [1.29, 1.82) is 0 Å². The van der Waals surface area contributed by atoms with E-state index < -0.39 is 0 Å². The van der Waals surface area contributed by atoms with Crippen molar-refractivity contribution in [2.75, 3.05) is 6.54 Å². The Balaban J connectivity index is 1.41. The first kappa shape index (κ1) is 14.4. The van der Waals surface area contributed by atoms with Gasteiger partial charge in [0.15, 0.2) is 0 Å². The summed E-state index contributed by atoms with van der Waals surface area (Å²) >= 11 is 0. The molecule has 114 valence electrons. The van der Waals surface area contributed by atoms with Crippen molar-refractivity contribution in [3.8, 4) is 0 Å². The second-order valence-electron chi connectivity index (χ2n) is 7.56. The molecule has 2 bridgehead atoms. The number of hydrogen-bond acceptors (Lipinski definition) is 2. The molecule has 20 heavy (non-hydrogen) atoms. The van der Waals surface area contributed by atoms with Crippen molar-refractivity contribution in [2.45, 2.75) is 83.2 Å². The largest absolute Gasteiger partial charge is 0.356 e. The van der Waals surface area contributed by atoms with Gasteiger partial charge in [-0.15, -0.1) is 0 Å². The molecule has 3 nitrogen and oxygen atoms in total. The molecule has 0 aromatic carbocycles. The fraction of sp³-hybridized carbons (Fsp3) is 0.941. The second kappa shape index (κ2) is 6.05. The average molecular weight is 278 g/mol. The lowest BCUT2D eigenvalue weighted by Gasteiger charge is -2.42. The van der Waals surface area contributed by atoms with Crippen LogP contribution in [0.1, 0.15) is 71.1 Å². The number of carbonyl (C=O) groups is 1. The van der Waals surface area contributed by atoms with Gasteiger partial charge in [0.1, 0.15) is 0 Å². The Labute approximate surface area is 123 Å². The predicted octanol–water partition coefficient (Wildman–Crippen LogP) is 2.99. The highest BCUT2D eigenvalue weighted by atomic mass is 16.1. The zero-order chi connectivity index (χ0) is 14.0. The quantitative estimate of drug-likeness (QED) is 0.784. The topological polar surface area (TPSA) is 41.1 Å². The van der Waals surface area contributed by atoms with Gasteiger partial charge in [0.2, 0.25) is 5.91 Å². The van der Waals surface area contributed by atoms with E-state index in [9.17, 15) is 4.79 Å². The molecular formula is C17H30N2O. The van der Waals surface area contributed by atoms with E-state index in [0.29, 0.717) is 29.3 Å². The van der Waals surface area contributed by atoms with Crippen molar-refractivity contribution in [3.05, 3.63) is 0 Å². The molecule has 1 aliphatic carbocycles. The van der Waals surface area contributed by atoms with Gasteiger partial charge in [-0.05, 0) is 56.3 Å². The minimum Gasteiger partial charge on any atom is -0.356 e. The molecule has 2 saturated heterocycles. The number of rotatable bonds is 6. The third kappa shape index (κ3) is 3.19. The van der Waals surface area contributed by atoms with Crippen molar-refractivity contribution in [2.24, 2.45) is 11.3 Å². The molecule has 0 spiro atoms. The van der Waals surface area contributed by atoms with Gasteiger partial charge in [0.05, 0.1) is 0 Å². The van der Waals surface area contributed by atoms with Gasteiger partial charge in [-0.3, -0.25) is 4.79 Å². The van der Waals surface area contributed by atoms with Crippen molar-refractivity contribution < 1.29 is 4.79 Å². The van der Waals surface area contributed by atoms with E-state index in [0.717, 1.165) is 13.0 Å². The van der Waals surface area contributed by atoms with Crippen molar-refractivity contribution in [1.82, 2.24) is 10.6 Å². The zero-order valence-corrected chi connectivity index (χ0v) is 12.9. The summed E-state index contributed by atoms with van der Waals surface area (Å²) in [7, 11) is 0. The van der Waals surface area contributed by atoms with Gasteiger partial charge in [0.25, 0.3) is 0 Å². The lowest BCUT2D eigenvalue weighted by Crippen LogP contribution is -2.43. The Morgan fingerprint density at radius 2 is 1.95 bits per heavy atom. The van der Waals surface area contributed by atoms with Crippen LogP contribution in [0.5, 0.6) is 0 Å². The molecule has 3 fully saturated rings. The first-order valence-corrected chi connectivity index (χ1v) is 8.72. The second-order valence-corrected chi connectivity index (χ2v) is 7.56. The molecule has 1 saturated carbocycles. The molecule has 2 atom stereocenters. The summed E-state index contributed by atoms with van der Waals surface area (Å²) in [5.74, 6) is 0.927. The number of amides is 1. The van der Waals surface area contributed by atoms with Crippen LogP contribution in [0.2, 0.25) is 0 Å². The molecule has 2 unspecified atom stereocenters. The van der Waals surface area contributed by atoms with Crippen LogP contribution in [0.25, 0.3) is 0 Å². The average Bonchev–Trinajstić information content (AvgIpc) is 2.72. The van der Waals surface area contributed by atoms with Gasteiger partial charge in [0, 0.05) is 25.0 Å². The Bertz CT molecular complexity index is 339. The maximum atomic E-state index is 12.2. The van der Waals surface area contributed by atoms with Crippen LogP contribution in [0, 0.1) is 11.3 Å². The third-order valence-corrected chi connectivity index (χ3v) is 5.90. The van der Waals surface area contributed by atoms with Gasteiger partial charge in [-0.25, -0.2) is 0 Å². The van der Waals surface area contributed by atoms with Gasteiger partial charge in [-0.2, -0.15) is 0 Å². The number of carbonyl (C=O) groups excluding carboxylic acids is 1. The molecule has 2 aliphatic heterocycles. The van der Waals surface area contributed by atoms with Gasteiger partial charge >= 0.3 is 0 Å². The van der Waals surface area contributed by atoms with Crippen LogP contribution in [0.4, 0.5) is 0 Å². The van der Waals surface area contributed by atoms with E-state index >= 15 is 0 Å². The molecule has 2 heterocycles. The summed E-state index contributed by atoms with van der Waals surface area (Å²) in [5.41, 5.74) is 0.456. The number of fused-ring (bicyclic) bond motifs is 2. The summed E-state index contributed by atoms with van der Waals surface area (Å²) in [5, 5.41) is 6.90. The summed E-state index contributed by atoms with van der Waals surface area (Å²) in [6, 6.07) is 1.40. The van der Waals surface area contributed by atoms with E-state index in [-0.39, 0.29) is 0 Å². The number of hydrogen-bond donors (Lipinski definition) is 2. The van der Waals surface area contributed by atoms with Crippen LogP contribution >= 0.6 is 0 Å². The first-order chi connectivity index (χ1) is 9.69. The highest BCUT2D eigenvalue weighted by molar-refractivity contribution is 5.76. The van der Waals surface area contributed by atoms with Gasteiger partial charge < -0.3 is 10.6 Å². The minimum atomic E-state index is 0.304. The van der Waals surface area contributed by atoms with E-state index in [4.69, 9.17) is 0 Å². The molecule has 0 aromatic rings. The van der Waals surface area contributed by atoms with Crippen molar-refractivity contribution in [3.63, 3.8) is 0 Å². The Hall–Kier alpha value is -0.570. The molecule has 3 aliphatic rings. The van der Waals surface area contributed by atoms with E-state index in [2.05, 4.69) is 17.6 Å². The standard InChI is InChI=1S/C17H30N2O/c1-2-6-17(7-3-8-17)12-18-16(20)11-13-9-14-4-5-15(10-13)19-14/h13-15,19H,2-12H2,1H3,(H,18,20). The molecule has 2 N–H and O–H groups in total. The highest BCUT2D eigenvalue weighted by Crippen LogP contribution is 2.44. The number of nitrogens with one attached hydrogen (secondary N) is 2. The fourth-order valence-electron chi connectivity index (χ4n) is 4.68. The van der Waals surface area contributed by atoms with Crippen LogP contribution in [0.15, 0.2) is 0 Å². The molecule has 3 heteroatoms. The van der Waals surface area contributed by atoms with Crippen molar-refractivity contribution >= 4 is 5.91 Å². The summed E-state index contributed by atoms with van der Waals surface area (Å²) in [6.45, 7) is 3.18. The molecular weight excluding hydrogens is 248 g/mol. The first-order valence-electron chi connectivity index (χ1n) is 8.72. The minimum absolute atomic E-state index is 0.304. The zero-order valence-electron chi connectivity index (χ0n) is 12.9. The van der Waals surface area contributed by atoms with Gasteiger partial charge in [-0.1, -0.05) is 19.8 Å². The van der Waals surface area contributed by atoms with Crippen LogP contribution in [-0.4, -0.2) is 24.5 Å². The summed E-state index contributed by atoms with van der Waals surface area (Å²) < 4.78 is 0. The molecule has 1 amide bonds. The molecule has 3 rings (SSSR count). The molecule has 0 aromatic heterocycles. The normalized spacial score (nSPS) is 34.5. The van der Waals surface area contributed by atoms with E-state index in [1.165, 1.54) is 57.8 Å². The Morgan fingerprint density at radius 3 is 2.50 bits per heavy atom. The summed E-state index contributed by atoms with van der Waals surface area (Å²) in [6.07, 6.45) is 12.3. The summed E-state index contributed by atoms with van der Waals surface area (Å²) in [4.78, 5) is 12.2. The van der Waals surface area contributed by atoms with Crippen LogP contribution < -0.4 is 10.6 Å². The predicted molar refractivity (Wildman–Crippen MR) is 81.5 cm³/mol. The van der Waals surface area contributed by atoms with E-state index in [1.54, 1.807) is 0 Å². The SMILES string of the molecule is CCCC1(CNC(=O)CC2CC3CCC(C2)N3)CCC1. The lowest BCUT2D eigenvalue weighted by molar-refractivity contribution is -0.123. The maximum absolute atomic E-state index is 12.2. The van der Waals surface area contributed by atoms with Crippen LogP contribution in [0.3, 0.4) is 0 Å². The van der Waals surface area contributed by atoms with Crippen LogP contribution in [-0.2, 0) is 4.79 Å². The maximum Gasteiger partial charge on any atom is 0.220 e. The Morgan fingerprint density at radius 1 is 1.25 bits per heavy atom. The fourth-order valence-corrected chi connectivity index (χ4v) is 4.68. The molecule has 0 radical (unpaired) electrons. The third-order valence-electron chi connectivity index (χ3n) is 5.90.